The number of phenols is 1. The summed E-state index contributed by atoms with van der Waals surface area (Å²) in [5.41, 5.74) is -0.0492. The lowest BCUT2D eigenvalue weighted by atomic mass is 10.2. The lowest BCUT2D eigenvalue weighted by molar-refractivity contribution is -0.387. The van der Waals surface area contributed by atoms with E-state index in [0.29, 0.717) is 9.79 Å². The van der Waals surface area contributed by atoms with Gasteiger partial charge in [-0.05, 0) is 36.4 Å². The van der Waals surface area contributed by atoms with Crippen molar-refractivity contribution in [2.24, 2.45) is 0 Å². The molecule has 6 nitrogen and oxygen atoms in total. The van der Waals surface area contributed by atoms with Crippen molar-refractivity contribution < 1.29 is 19.9 Å². The van der Waals surface area contributed by atoms with Crippen molar-refractivity contribution in [2.45, 2.75) is 9.79 Å². The molecule has 0 aliphatic carbocycles. The highest BCUT2D eigenvalue weighted by molar-refractivity contribution is 7.99. The third-order valence-corrected chi connectivity index (χ3v) is 3.54. The molecule has 2 N–H and O–H groups in total. The normalized spacial score (nSPS) is 10.2. The van der Waals surface area contributed by atoms with Crippen LogP contribution in [0.15, 0.2) is 52.3 Å². The fourth-order valence-corrected chi connectivity index (χ4v) is 2.43. The zero-order valence-electron chi connectivity index (χ0n) is 10.0. The lowest BCUT2D eigenvalue weighted by Gasteiger charge is -2.04. The van der Waals surface area contributed by atoms with Crippen molar-refractivity contribution in [2.75, 3.05) is 0 Å². The third-order valence-electron chi connectivity index (χ3n) is 2.47. The predicted molar refractivity (Wildman–Crippen MR) is 72.3 cm³/mol. The molecule has 0 atom stereocenters. The predicted octanol–water partition coefficient (Wildman–Crippen LogP) is 3.15. The largest absolute Gasteiger partial charge is 0.508 e. The van der Waals surface area contributed by atoms with E-state index in [-0.39, 0.29) is 17.0 Å². The summed E-state index contributed by atoms with van der Waals surface area (Å²) in [7, 11) is 0. The molecule has 2 rings (SSSR count). The molecule has 0 spiro atoms. The second-order valence-corrected chi connectivity index (χ2v) is 4.96. The van der Waals surface area contributed by atoms with Gasteiger partial charge in [-0.25, -0.2) is 4.79 Å². The van der Waals surface area contributed by atoms with E-state index >= 15 is 0 Å². The van der Waals surface area contributed by atoms with Crippen LogP contribution in [-0.2, 0) is 0 Å². The highest BCUT2D eigenvalue weighted by Crippen LogP contribution is 2.36. The SMILES string of the molecule is O=C(O)c1ccc(Sc2ccc(O)cc2[N+](=O)[O-])cc1. The molecule has 0 heterocycles. The molecular formula is C13H9NO5S. The second-order valence-electron chi connectivity index (χ2n) is 3.84. The summed E-state index contributed by atoms with van der Waals surface area (Å²) in [6.45, 7) is 0. The molecule has 7 heteroatoms. The van der Waals surface area contributed by atoms with Crippen molar-refractivity contribution in [1.29, 1.82) is 0 Å². The van der Waals surface area contributed by atoms with Gasteiger partial charge in [-0.15, -0.1) is 0 Å². The molecule has 0 aromatic heterocycles. The first-order chi connectivity index (χ1) is 9.47. The average molecular weight is 291 g/mol. The topological polar surface area (TPSA) is 101 Å². The van der Waals surface area contributed by atoms with Crippen LogP contribution in [0.4, 0.5) is 5.69 Å². The minimum absolute atomic E-state index is 0.148. The standard InChI is InChI=1S/C13H9NO5S/c15-9-3-6-12(11(7-9)14(18)19)20-10-4-1-8(2-5-10)13(16)17/h1-7,15H,(H,16,17). The zero-order valence-corrected chi connectivity index (χ0v) is 10.8. The van der Waals surface area contributed by atoms with E-state index in [9.17, 15) is 20.0 Å². The molecule has 2 aromatic carbocycles. The van der Waals surface area contributed by atoms with Crippen LogP contribution in [0, 0.1) is 10.1 Å². The van der Waals surface area contributed by atoms with E-state index in [1.165, 1.54) is 24.3 Å². The maximum Gasteiger partial charge on any atom is 0.335 e. The molecule has 20 heavy (non-hydrogen) atoms. The van der Waals surface area contributed by atoms with Crippen LogP contribution >= 0.6 is 11.8 Å². The highest BCUT2D eigenvalue weighted by Gasteiger charge is 2.15. The molecule has 0 unspecified atom stereocenters. The summed E-state index contributed by atoms with van der Waals surface area (Å²) in [5, 5.41) is 29.0. The van der Waals surface area contributed by atoms with Gasteiger partial charge in [-0.2, -0.15) is 0 Å². The molecule has 0 bridgehead atoms. The van der Waals surface area contributed by atoms with Crippen LogP contribution in [-0.4, -0.2) is 21.1 Å². The average Bonchev–Trinajstić information content (AvgIpc) is 2.41. The summed E-state index contributed by atoms with van der Waals surface area (Å²) >= 11 is 1.13. The van der Waals surface area contributed by atoms with Gasteiger partial charge in [-0.1, -0.05) is 11.8 Å². The number of nitrogens with zero attached hydrogens (tertiary/aromatic N) is 1. The quantitative estimate of drug-likeness (QED) is 0.663. The van der Waals surface area contributed by atoms with Gasteiger partial charge >= 0.3 is 5.97 Å². The maximum atomic E-state index is 10.9. The van der Waals surface area contributed by atoms with Crippen LogP contribution in [0.3, 0.4) is 0 Å². The Balaban J connectivity index is 2.30. The first-order valence-corrected chi connectivity index (χ1v) is 6.27. The number of benzene rings is 2. The third kappa shape index (κ3) is 3.07. The fraction of sp³-hybridized carbons (Fsp3) is 0. The molecule has 0 aliphatic heterocycles. The van der Waals surface area contributed by atoms with Crippen molar-refractivity contribution >= 4 is 23.4 Å². The van der Waals surface area contributed by atoms with Gasteiger partial charge in [0, 0.05) is 4.90 Å². The highest BCUT2D eigenvalue weighted by atomic mass is 32.2. The Kier molecular flexibility index (Phi) is 3.90. The molecule has 102 valence electrons. The number of aromatic hydroxyl groups is 1. The van der Waals surface area contributed by atoms with Crippen molar-refractivity contribution in [3.05, 3.63) is 58.1 Å². The Hall–Kier alpha value is -2.54. The molecule has 0 fully saturated rings. The Labute approximate surface area is 117 Å². The van der Waals surface area contributed by atoms with Crippen molar-refractivity contribution in [3.63, 3.8) is 0 Å². The Bertz CT molecular complexity index is 669. The molecule has 0 amide bonds. The smallest absolute Gasteiger partial charge is 0.335 e. The van der Waals surface area contributed by atoms with Crippen molar-refractivity contribution in [1.82, 2.24) is 0 Å². The maximum absolute atomic E-state index is 10.9. The first kappa shape index (κ1) is 13.9. The molecule has 0 radical (unpaired) electrons. The van der Waals surface area contributed by atoms with Gasteiger partial charge in [0.2, 0.25) is 0 Å². The van der Waals surface area contributed by atoms with E-state index in [1.807, 2.05) is 0 Å². The minimum Gasteiger partial charge on any atom is -0.508 e. The van der Waals surface area contributed by atoms with Crippen LogP contribution in [0.5, 0.6) is 5.75 Å². The number of hydrogen-bond acceptors (Lipinski definition) is 5. The number of carbonyl (C=O) groups is 1. The van der Waals surface area contributed by atoms with Gasteiger partial charge in [0.05, 0.1) is 21.4 Å². The summed E-state index contributed by atoms with van der Waals surface area (Å²) in [6.07, 6.45) is 0. The number of hydrogen-bond donors (Lipinski definition) is 2. The van der Waals surface area contributed by atoms with Gasteiger partial charge in [0.1, 0.15) is 5.75 Å². The zero-order chi connectivity index (χ0) is 14.7. The van der Waals surface area contributed by atoms with Crippen LogP contribution in [0.1, 0.15) is 10.4 Å². The summed E-state index contributed by atoms with van der Waals surface area (Å²) in [6, 6.07) is 9.89. The summed E-state index contributed by atoms with van der Waals surface area (Å²) < 4.78 is 0. The minimum atomic E-state index is -1.03. The van der Waals surface area contributed by atoms with Crippen LogP contribution in [0.25, 0.3) is 0 Å². The number of nitro benzene ring substituents is 1. The van der Waals surface area contributed by atoms with Gasteiger partial charge in [0.15, 0.2) is 0 Å². The number of carboxylic acids is 1. The van der Waals surface area contributed by atoms with Gasteiger partial charge in [0.25, 0.3) is 5.69 Å². The summed E-state index contributed by atoms with van der Waals surface area (Å²) in [5.74, 6) is -1.21. The number of rotatable bonds is 4. The molecular weight excluding hydrogens is 282 g/mol. The number of carboxylic acid groups (broad SMARTS) is 1. The molecule has 0 saturated carbocycles. The van der Waals surface area contributed by atoms with E-state index in [1.54, 1.807) is 12.1 Å². The van der Waals surface area contributed by atoms with Crippen LogP contribution in [0.2, 0.25) is 0 Å². The van der Waals surface area contributed by atoms with Gasteiger partial charge < -0.3 is 10.2 Å². The lowest BCUT2D eigenvalue weighted by Crippen LogP contribution is -1.95. The van der Waals surface area contributed by atoms with Crippen molar-refractivity contribution in [3.8, 4) is 5.75 Å². The Morgan fingerprint density at radius 3 is 2.35 bits per heavy atom. The summed E-state index contributed by atoms with van der Waals surface area (Å²) in [4.78, 5) is 22.1. The van der Waals surface area contributed by atoms with Crippen LogP contribution < -0.4 is 0 Å². The molecule has 0 aliphatic rings. The van der Waals surface area contributed by atoms with E-state index in [2.05, 4.69) is 0 Å². The number of nitro groups is 1. The van der Waals surface area contributed by atoms with E-state index < -0.39 is 10.9 Å². The van der Waals surface area contributed by atoms with E-state index in [0.717, 1.165) is 17.8 Å². The second kappa shape index (κ2) is 5.62. The first-order valence-electron chi connectivity index (χ1n) is 5.46. The Morgan fingerprint density at radius 2 is 1.80 bits per heavy atom. The molecule has 2 aromatic rings. The van der Waals surface area contributed by atoms with E-state index in [4.69, 9.17) is 5.11 Å². The fourth-order valence-electron chi connectivity index (χ4n) is 1.53. The Morgan fingerprint density at radius 1 is 1.15 bits per heavy atom. The molecule has 0 saturated heterocycles. The van der Waals surface area contributed by atoms with Gasteiger partial charge in [-0.3, -0.25) is 10.1 Å². The monoisotopic (exact) mass is 291 g/mol. The number of aromatic carboxylic acids is 1. The number of phenolic OH excluding ortho intramolecular Hbond substituents is 1.